The molecule has 2 aliphatic heterocycles. The number of aryl methyl sites for hydroxylation is 1. The van der Waals surface area contributed by atoms with Gasteiger partial charge in [-0.25, -0.2) is 14.4 Å². The highest BCUT2D eigenvalue weighted by atomic mass is 16.6. The van der Waals surface area contributed by atoms with Gasteiger partial charge in [0, 0.05) is 33.1 Å². The standard InChI is InChI=1S/C31H41N3O6.C12H13NO4.CH4/c1-7-33(29(37)25-17-18-34(25)30(38)39-21-24-11-9-8-10-12-24)26(19-23-15-13-22(2)14-16-23)28(36)32(6)20-27(35)40-31(3,4)5;14-11(15)10-6-7-13(10)12(16)17-8-9-4-2-1-3-5-9;/h8-16,25-26H,7,17-21H2,1-6H3;1-5,10H,6-8H2,(H,14,15);1H4/t25-,26-;10-;/m00./s1. The van der Waals surface area contributed by atoms with E-state index in [0.717, 1.165) is 22.3 Å². The zero-order chi connectivity index (χ0) is 41.7. The molecule has 2 heterocycles. The first-order chi connectivity index (χ1) is 27.1. The van der Waals surface area contributed by atoms with Gasteiger partial charge in [0.05, 0.1) is 0 Å². The summed E-state index contributed by atoms with van der Waals surface area (Å²) in [5.74, 6) is -2.20. The average molecular weight is 803 g/mol. The molecule has 2 saturated heterocycles. The fourth-order valence-corrected chi connectivity index (χ4v) is 6.23. The van der Waals surface area contributed by atoms with E-state index < -0.39 is 47.9 Å². The maximum Gasteiger partial charge on any atom is 0.410 e. The average Bonchev–Trinajstić information content (AvgIpc) is 3.12. The molecular weight excluding hydrogens is 745 g/mol. The van der Waals surface area contributed by atoms with E-state index in [1.54, 1.807) is 27.7 Å². The van der Waals surface area contributed by atoms with E-state index in [2.05, 4.69) is 0 Å². The second kappa shape index (κ2) is 21.6. The maximum atomic E-state index is 13.8. The van der Waals surface area contributed by atoms with Crippen LogP contribution in [0.3, 0.4) is 0 Å². The number of likely N-dealkylation sites (N-methyl/N-ethyl adjacent to an activating group) is 2. The number of hydrogen-bond acceptors (Lipinski definition) is 9. The molecule has 0 radical (unpaired) electrons. The number of benzene rings is 3. The highest BCUT2D eigenvalue weighted by molar-refractivity contribution is 5.93. The number of aliphatic carboxylic acids is 1. The summed E-state index contributed by atoms with van der Waals surface area (Å²) in [4.78, 5) is 80.5. The van der Waals surface area contributed by atoms with Crippen LogP contribution in [0.4, 0.5) is 9.59 Å². The van der Waals surface area contributed by atoms with Gasteiger partial charge in [0.1, 0.15) is 43.5 Å². The van der Waals surface area contributed by atoms with E-state index in [4.69, 9.17) is 19.3 Å². The Kier molecular flexibility index (Phi) is 17.3. The molecule has 4 amide bonds. The van der Waals surface area contributed by atoms with Gasteiger partial charge in [-0.2, -0.15) is 0 Å². The maximum absolute atomic E-state index is 13.8. The van der Waals surface area contributed by atoms with Crippen LogP contribution in [0, 0.1) is 6.92 Å². The number of likely N-dealkylation sites (tertiary alicyclic amines) is 2. The fourth-order valence-electron chi connectivity index (χ4n) is 6.23. The molecule has 2 fully saturated rings. The van der Waals surface area contributed by atoms with Gasteiger partial charge in [-0.1, -0.05) is 97.9 Å². The largest absolute Gasteiger partial charge is 0.480 e. The summed E-state index contributed by atoms with van der Waals surface area (Å²) in [6.07, 6.45) is 0.119. The zero-order valence-electron chi connectivity index (χ0n) is 33.6. The van der Waals surface area contributed by atoms with Gasteiger partial charge in [0.15, 0.2) is 0 Å². The van der Waals surface area contributed by atoms with Crippen LogP contribution in [-0.4, -0.2) is 118 Å². The van der Waals surface area contributed by atoms with Crippen LogP contribution in [0.25, 0.3) is 0 Å². The van der Waals surface area contributed by atoms with Crippen molar-refractivity contribution in [2.45, 2.75) is 98.2 Å². The van der Waals surface area contributed by atoms with Crippen molar-refractivity contribution in [3.63, 3.8) is 0 Å². The smallest absolute Gasteiger partial charge is 0.410 e. The van der Waals surface area contributed by atoms with Crippen molar-refractivity contribution in [2.24, 2.45) is 0 Å². The number of amides is 4. The van der Waals surface area contributed by atoms with Crippen LogP contribution in [0.15, 0.2) is 84.9 Å². The topological polar surface area (TPSA) is 163 Å². The number of carboxylic acids is 1. The van der Waals surface area contributed by atoms with E-state index >= 15 is 0 Å². The van der Waals surface area contributed by atoms with Crippen LogP contribution in [-0.2, 0) is 53.0 Å². The summed E-state index contributed by atoms with van der Waals surface area (Å²) < 4.78 is 15.9. The van der Waals surface area contributed by atoms with Crippen LogP contribution >= 0.6 is 0 Å². The molecule has 1 N–H and O–H groups in total. The number of rotatable bonds is 13. The second-order valence-electron chi connectivity index (χ2n) is 15.0. The SMILES string of the molecule is C.CCN(C(=O)[C@@H]1CCN1C(=O)OCc1ccccc1)[C@@H](Cc1ccc(C)cc1)C(=O)N(C)CC(=O)OC(C)(C)C.O=C(O)[C@@H]1CCN1C(=O)OCc1ccccc1. The zero-order valence-corrected chi connectivity index (χ0v) is 33.6. The van der Waals surface area contributed by atoms with Crippen LogP contribution in [0.1, 0.15) is 70.2 Å². The van der Waals surface area contributed by atoms with E-state index in [1.807, 2.05) is 91.9 Å². The molecule has 0 aliphatic carbocycles. The minimum atomic E-state index is -0.979. The molecule has 0 saturated carbocycles. The molecule has 3 aromatic rings. The Morgan fingerprint density at radius 2 is 1.24 bits per heavy atom. The Balaban J connectivity index is 0.000000416. The first-order valence-corrected chi connectivity index (χ1v) is 19.1. The van der Waals surface area contributed by atoms with Crippen LogP contribution in [0.2, 0.25) is 0 Å². The van der Waals surface area contributed by atoms with Crippen LogP contribution in [0.5, 0.6) is 0 Å². The first kappa shape index (κ1) is 46.5. The van der Waals surface area contributed by atoms with Gasteiger partial charge in [-0.15, -0.1) is 0 Å². The lowest BCUT2D eigenvalue weighted by Gasteiger charge is -2.43. The van der Waals surface area contributed by atoms with Gasteiger partial charge in [-0.05, 0) is 64.2 Å². The lowest BCUT2D eigenvalue weighted by Crippen LogP contribution is -2.62. The molecule has 5 rings (SSSR count). The second-order valence-corrected chi connectivity index (χ2v) is 15.0. The molecule has 3 atom stereocenters. The number of esters is 1. The summed E-state index contributed by atoms with van der Waals surface area (Å²) in [5.41, 5.74) is 3.01. The van der Waals surface area contributed by atoms with Gasteiger partial charge >= 0.3 is 24.1 Å². The van der Waals surface area contributed by atoms with E-state index in [1.165, 1.54) is 26.6 Å². The molecule has 3 aromatic carbocycles. The van der Waals surface area contributed by atoms with Crippen molar-refractivity contribution in [1.82, 2.24) is 19.6 Å². The Hall–Kier alpha value is -5.92. The van der Waals surface area contributed by atoms with Crippen molar-refractivity contribution in [3.05, 3.63) is 107 Å². The van der Waals surface area contributed by atoms with Crippen molar-refractivity contribution >= 4 is 35.9 Å². The number of carbonyl (C=O) groups is 6. The monoisotopic (exact) mass is 802 g/mol. The minimum Gasteiger partial charge on any atom is -0.480 e. The van der Waals surface area contributed by atoms with Crippen molar-refractivity contribution in [3.8, 4) is 0 Å². The molecular formula is C44H58N4O10. The predicted molar refractivity (Wildman–Crippen MR) is 217 cm³/mol. The Morgan fingerprint density at radius 3 is 1.66 bits per heavy atom. The van der Waals surface area contributed by atoms with Crippen LogP contribution < -0.4 is 0 Å². The number of nitrogens with zero attached hydrogens (tertiary/aromatic N) is 4. The van der Waals surface area contributed by atoms with E-state index in [-0.39, 0.29) is 52.0 Å². The van der Waals surface area contributed by atoms with Gasteiger partial charge in [-0.3, -0.25) is 24.2 Å². The molecule has 2 aliphatic rings. The molecule has 0 aromatic heterocycles. The van der Waals surface area contributed by atoms with Crippen molar-refractivity contribution in [1.29, 1.82) is 0 Å². The van der Waals surface area contributed by atoms with Crippen molar-refractivity contribution < 1.29 is 48.1 Å². The highest BCUT2D eigenvalue weighted by Gasteiger charge is 2.44. The number of carbonyl (C=O) groups excluding carboxylic acids is 5. The third-order valence-electron chi connectivity index (χ3n) is 9.49. The Morgan fingerprint density at radius 1 is 0.759 bits per heavy atom. The molecule has 0 spiro atoms. The normalized spacial score (nSPS) is 16.0. The molecule has 0 bridgehead atoms. The number of ether oxygens (including phenoxy) is 3. The van der Waals surface area contributed by atoms with E-state index in [9.17, 15) is 28.8 Å². The minimum absolute atomic E-state index is 0. The quantitative estimate of drug-likeness (QED) is 0.158. The summed E-state index contributed by atoms with van der Waals surface area (Å²) in [6.45, 7) is 10.2. The molecule has 14 heteroatoms. The fraction of sp³-hybridized carbons (Fsp3) is 0.455. The third kappa shape index (κ3) is 13.3. The highest BCUT2D eigenvalue weighted by Crippen LogP contribution is 2.24. The number of hydrogen-bond donors (Lipinski definition) is 1. The van der Waals surface area contributed by atoms with Crippen molar-refractivity contribution in [2.75, 3.05) is 33.2 Å². The van der Waals surface area contributed by atoms with E-state index in [0.29, 0.717) is 25.9 Å². The molecule has 0 unspecified atom stereocenters. The molecule has 58 heavy (non-hydrogen) atoms. The lowest BCUT2D eigenvalue weighted by molar-refractivity contribution is -0.160. The first-order valence-electron chi connectivity index (χ1n) is 19.1. The molecule has 314 valence electrons. The lowest BCUT2D eigenvalue weighted by atomic mass is 9.98. The third-order valence-corrected chi connectivity index (χ3v) is 9.49. The van der Waals surface area contributed by atoms with Gasteiger partial charge in [0.25, 0.3) is 0 Å². The summed E-state index contributed by atoms with van der Waals surface area (Å²) >= 11 is 0. The Bertz CT molecular complexity index is 1830. The summed E-state index contributed by atoms with van der Waals surface area (Å²) in [5, 5.41) is 8.79. The number of carboxylic acid groups (broad SMARTS) is 1. The molecule has 14 nitrogen and oxygen atoms in total. The predicted octanol–water partition coefficient (Wildman–Crippen LogP) is 6.08. The van der Waals surface area contributed by atoms with Gasteiger partial charge in [0.2, 0.25) is 11.8 Å². The van der Waals surface area contributed by atoms with Gasteiger partial charge < -0.3 is 29.1 Å². The summed E-state index contributed by atoms with van der Waals surface area (Å²) in [6, 6.07) is 24.1. The summed E-state index contributed by atoms with van der Waals surface area (Å²) in [7, 11) is 1.53. The Labute approximate surface area is 341 Å².